The van der Waals surface area contributed by atoms with Gasteiger partial charge in [-0.3, -0.25) is 4.79 Å². The molecule has 1 amide bonds. The van der Waals surface area contributed by atoms with E-state index in [0.717, 1.165) is 37.3 Å². The van der Waals surface area contributed by atoms with Crippen LogP contribution in [0.4, 0.5) is 5.82 Å². The van der Waals surface area contributed by atoms with Crippen LogP contribution >= 0.6 is 0 Å². The SMILES string of the molecule is O=C(NCC1CCN(c2ccccn2)CC1)c1cc(-c2ccccc2)on1. The number of aromatic nitrogens is 2. The highest BCUT2D eigenvalue weighted by Gasteiger charge is 2.21. The molecule has 1 N–H and O–H groups in total. The van der Waals surface area contributed by atoms with E-state index in [0.29, 0.717) is 23.9 Å². The smallest absolute Gasteiger partial charge is 0.273 e. The summed E-state index contributed by atoms with van der Waals surface area (Å²) in [4.78, 5) is 19.1. The maximum Gasteiger partial charge on any atom is 0.273 e. The standard InChI is InChI=1S/C21H22N4O2/c26-21(18-14-19(27-24-18)17-6-2-1-3-7-17)23-15-16-9-12-25(13-10-16)20-8-4-5-11-22-20/h1-8,11,14,16H,9-10,12-13,15H2,(H,23,26). The maximum atomic E-state index is 12.4. The number of carbonyl (C=O) groups is 1. The summed E-state index contributed by atoms with van der Waals surface area (Å²) in [5.41, 5.74) is 1.23. The average molecular weight is 362 g/mol. The summed E-state index contributed by atoms with van der Waals surface area (Å²) >= 11 is 0. The van der Waals surface area contributed by atoms with Crippen LogP contribution < -0.4 is 10.2 Å². The van der Waals surface area contributed by atoms with E-state index in [2.05, 4.69) is 20.4 Å². The normalized spacial score (nSPS) is 14.9. The lowest BCUT2D eigenvalue weighted by molar-refractivity contribution is 0.0936. The molecule has 3 aromatic rings. The van der Waals surface area contributed by atoms with Crippen LogP contribution in [-0.2, 0) is 0 Å². The fourth-order valence-corrected chi connectivity index (χ4v) is 3.36. The minimum atomic E-state index is -0.187. The van der Waals surface area contributed by atoms with Crippen molar-refractivity contribution in [1.82, 2.24) is 15.5 Å². The summed E-state index contributed by atoms with van der Waals surface area (Å²) in [6.07, 6.45) is 3.89. The van der Waals surface area contributed by atoms with Crippen molar-refractivity contribution >= 4 is 11.7 Å². The molecule has 0 bridgehead atoms. The van der Waals surface area contributed by atoms with Crippen LogP contribution in [0.3, 0.4) is 0 Å². The van der Waals surface area contributed by atoms with Gasteiger partial charge in [0.1, 0.15) is 5.82 Å². The van der Waals surface area contributed by atoms with Crippen molar-refractivity contribution in [2.45, 2.75) is 12.8 Å². The Kier molecular flexibility index (Phi) is 5.14. The third kappa shape index (κ3) is 4.16. The number of pyridine rings is 1. The zero-order valence-electron chi connectivity index (χ0n) is 15.0. The molecule has 6 nitrogen and oxygen atoms in total. The number of piperidine rings is 1. The molecule has 3 heterocycles. The lowest BCUT2D eigenvalue weighted by Crippen LogP contribution is -2.39. The fraction of sp³-hybridized carbons (Fsp3) is 0.286. The number of benzene rings is 1. The van der Waals surface area contributed by atoms with Crippen LogP contribution in [0.1, 0.15) is 23.3 Å². The Morgan fingerprint density at radius 2 is 1.89 bits per heavy atom. The van der Waals surface area contributed by atoms with E-state index < -0.39 is 0 Å². The Labute approximate surface area is 158 Å². The predicted molar refractivity (Wildman–Crippen MR) is 103 cm³/mol. The van der Waals surface area contributed by atoms with E-state index in [-0.39, 0.29) is 5.91 Å². The molecule has 1 saturated heterocycles. The van der Waals surface area contributed by atoms with Crippen molar-refractivity contribution in [3.8, 4) is 11.3 Å². The van der Waals surface area contributed by atoms with E-state index in [1.807, 2.05) is 54.7 Å². The second kappa shape index (κ2) is 8.03. The van der Waals surface area contributed by atoms with E-state index in [4.69, 9.17) is 4.52 Å². The number of anilines is 1. The molecule has 1 fully saturated rings. The second-order valence-corrected chi connectivity index (χ2v) is 6.77. The molecule has 1 aliphatic rings. The molecule has 0 aliphatic carbocycles. The van der Waals surface area contributed by atoms with Gasteiger partial charge in [0.05, 0.1) is 0 Å². The molecule has 138 valence electrons. The van der Waals surface area contributed by atoms with Crippen LogP contribution in [0, 0.1) is 5.92 Å². The highest BCUT2D eigenvalue weighted by atomic mass is 16.5. The first kappa shape index (κ1) is 17.3. The molecule has 2 aromatic heterocycles. The van der Waals surface area contributed by atoms with Crippen molar-refractivity contribution in [3.05, 3.63) is 66.5 Å². The van der Waals surface area contributed by atoms with Crippen LogP contribution in [-0.4, -0.2) is 35.7 Å². The van der Waals surface area contributed by atoms with Gasteiger partial charge in [0.25, 0.3) is 5.91 Å². The molecule has 0 spiro atoms. The van der Waals surface area contributed by atoms with Gasteiger partial charge in [0, 0.05) is 37.5 Å². The van der Waals surface area contributed by atoms with Gasteiger partial charge < -0.3 is 14.7 Å². The predicted octanol–water partition coefficient (Wildman–Crippen LogP) is 3.38. The molecular formula is C21H22N4O2. The van der Waals surface area contributed by atoms with Gasteiger partial charge in [-0.05, 0) is 30.9 Å². The highest BCUT2D eigenvalue weighted by Crippen LogP contribution is 2.22. The van der Waals surface area contributed by atoms with Gasteiger partial charge in [-0.2, -0.15) is 0 Å². The first-order valence-electron chi connectivity index (χ1n) is 9.26. The Bertz CT molecular complexity index is 871. The van der Waals surface area contributed by atoms with Crippen LogP contribution in [0.25, 0.3) is 11.3 Å². The lowest BCUT2D eigenvalue weighted by Gasteiger charge is -2.32. The number of carbonyl (C=O) groups excluding carboxylic acids is 1. The quantitative estimate of drug-likeness (QED) is 0.753. The van der Waals surface area contributed by atoms with Gasteiger partial charge >= 0.3 is 0 Å². The zero-order valence-corrected chi connectivity index (χ0v) is 15.0. The third-order valence-corrected chi connectivity index (χ3v) is 4.94. The van der Waals surface area contributed by atoms with Crippen LogP contribution in [0.2, 0.25) is 0 Å². The van der Waals surface area contributed by atoms with E-state index in [9.17, 15) is 4.79 Å². The van der Waals surface area contributed by atoms with Crippen molar-refractivity contribution in [2.24, 2.45) is 5.92 Å². The Morgan fingerprint density at radius 3 is 2.63 bits per heavy atom. The molecule has 0 saturated carbocycles. The number of nitrogens with one attached hydrogen (secondary N) is 1. The third-order valence-electron chi connectivity index (χ3n) is 4.94. The Balaban J connectivity index is 1.27. The summed E-state index contributed by atoms with van der Waals surface area (Å²) in [5, 5.41) is 6.90. The van der Waals surface area contributed by atoms with Gasteiger partial charge in [-0.25, -0.2) is 4.98 Å². The average Bonchev–Trinajstić information content (AvgIpc) is 3.24. The lowest BCUT2D eigenvalue weighted by atomic mass is 9.96. The summed E-state index contributed by atoms with van der Waals surface area (Å²) in [7, 11) is 0. The number of amides is 1. The van der Waals surface area contributed by atoms with E-state index in [1.54, 1.807) is 6.07 Å². The number of hydrogen-bond donors (Lipinski definition) is 1. The number of nitrogens with zero attached hydrogens (tertiary/aromatic N) is 3. The van der Waals surface area contributed by atoms with E-state index >= 15 is 0 Å². The molecule has 0 unspecified atom stereocenters. The second-order valence-electron chi connectivity index (χ2n) is 6.77. The largest absolute Gasteiger partial charge is 0.357 e. The molecular weight excluding hydrogens is 340 g/mol. The maximum absolute atomic E-state index is 12.4. The molecule has 0 radical (unpaired) electrons. The number of hydrogen-bond acceptors (Lipinski definition) is 5. The zero-order chi connectivity index (χ0) is 18.5. The topological polar surface area (TPSA) is 71.3 Å². The minimum absolute atomic E-state index is 0.187. The van der Waals surface area contributed by atoms with Crippen molar-refractivity contribution in [2.75, 3.05) is 24.5 Å². The van der Waals surface area contributed by atoms with Crippen LogP contribution in [0.15, 0.2) is 65.3 Å². The molecule has 27 heavy (non-hydrogen) atoms. The Hall–Kier alpha value is -3.15. The van der Waals surface area contributed by atoms with Gasteiger partial charge in [-0.15, -0.1) is 0 Å². The van der Waals surface area contributed by atoms with Gasteiger partial charge in [0.2, 0.25) is 0 Å². The molecule has 1 aliphatic heterocycles. The summed E-state index contributed by atoms with van der Waals surface area (Å²) in [6, 6.07) is 17.3. The van der Waals surface area contributed by atoms with Crippen LogP contribution in [0.5, 0.6) is 0 Å². The van der Waals surface area contributed by atoms with Gasteiger partial charge in [-0.1, -0.05) is 41.6 Å². The van der Waals surface area contributed by atoms with Crippen molar-refractivity contribution in [1.29, 1.82) is 0 Å². The molecule has 0 atom stereocenters. The summed E-state index contributed by atoms with van der Waals surface area (Å²) in [6.45, 7) is 2.57. The van der Waals surface area contributed by atoms with Crippen molar-refractivity contribution < 1.29 is 9.32 Å². The van der Waals surface area contributed by atoms with Crippen molar-refractivity contribution in [3.63, 3.8) is 0 Å². The number of rotatable bonds is 5. The fourth-order valence-electron chi connectivity index (χ4n) is 3.36. The summed E-state index contributed by atoms with van der Waals surface area (Å²) in [5.74, 6) is 1.91. The monoisotopic (exact) mass is 362 g/mol. The first-order chi connectivity index (χ1) is 13.3. The molecule has 6 heteroatoms. The minimum Gasteiger partial charge on any atom is -0.357 e. The summed E-state index contributed by atoms with van der Waals surface area (Å²) < 4.78 is 5.30. The first-order valence-corrected chi connectivity index (χ1v) is 9.26. The van der Waals surface area contributed by atoms with Gasteiger partial charge in [0.15, 0.2) is 11.5 Å². The van der Waals surface area contributed by atoms with E-state index in [1.165, 1.54) is 0 Å². The molecule has 4 rings (SSSR count). The Morgan fingerprint density at radius 1 is 1.11 bits per heavy atom. The molecule has 1 aromatic carbocycles. The highest BCUT2D eigenvalue weighted by molar-refractivity contribution is 5.93.